The van der Waals surface area contributed by atoms with Gasteiger partial charge >= 0.3 is 23.9 Å². The molecule has 20 heteroatoms. The fourth-order valence-corrected chi connectivity index (χ4v) is 0.300. The minimum absolute atomic E-state index is 0.406. The molecule has 0 aromatic heterocycles. The lowest BCUT2D eigenvalue weighted by atomic mass is 9.93. The van der Waals surface area contributed by atoms with E-state index in [0.29, 0.717) is 0 Å². The van der Waals surface area contributed by atoms with E-state index in [2.05, 4.69) is 101 Å². The van der Waals surface area contributed by atoms with Crippen LogP contribution in [0.2, 0.25) is 0 Å². The van der Waals surface area contributed by atoms with Crippen LogP contribution in [0.25, 0.3) is 0 Å². The molecular formula is C13H28O12S8. The first-order valence-corrected chi connectivity index (χ1v) is 11.7. The summed E-state index contributed by atoms with van der Waals surface area (Å²) >= 11 is 27.7. The number of aliphatic hydroxyl groups is 4. The van der Waals surface area contributed by atoms with Crippen molar-refractivity contribution >= 4 is 125 Å². The van der Waals surface area contributed by atoms with Crippen LogP contribution >= 0.6 is 101 Å². The molecule has 0 heterocycles. The van der Waals surface area contributed by atoms with Crippen molar-refractivity contribution in [3.8, 4) is 0 Å². The van der Waals surface area contributed by atoms with E-state index in [1.54, 1.807) is 0 Å². The van der Waals surface area contributed by atoms with Gasteiger partial charge in [-0.3, -0.25) is 19.2 Å². The molecule has 0 bridgehead atoms. The minimum atomic E-state index is -1.11. The van der Waals surface area contributed by atoms with E-state index in [1.165, 1.54) is 0 Å². The largest absolute Gasteiger partial charge is 0.480 e. The fourth-order valence-electron chi connectivity index (χ4n) is 0.300. The number of carboxylic acid groups (broad SMARTS) is 4. The van der Waals surface area contributed by atoms with E-state index in [1.807, 2.05) is 0 Å². The second-order valence-corrected chi connectivity index (χ2v) is 10.7. The summed E-state index contributed by atoms with van der Waals surface area (Å²) in [5.74, 6) is -4.05. The normalized spacial score (nSPS) is 9.94. The highest BCUT2D eigenvalue weighted by atomic mass is 32.2. The van der Waals surface area contributed by atoms with Crippen LogP contribution in [0.4, 0.5) is 0 Å². The average Bonchev–Trinajstić information content (AvgIpc) is 2.71. The second kappa shape index (κ2) is 27.1. The monoisotopic (exact) mass is 632 g/mol. The summed E-state index contributed by atoms with van der Waals surface area (Å²) in [5.41, 5.74) is -1.11. The summed E-state index contributed by atoms with van der Waals surface area (Å²) in [7, 11) is 0. The average molecular weight is 633 g/mol. The highest BCUT2D eigenvalue weighted by Gasteiger charge is 2.26. The molecule has 8 N–H and O–H groups in total. The van der Waals surface area contributed by atoms with Gasteiger partial charge in [-0.05, 0) is 0 Å². The van der Waals surface area contributed by atoms with Crippen molar-refractivity contribution in [2.24, 2.45) is 5.41 Å². The van der Waals surface area contributed by atoms with Gasteiger partial charge in [0.15, 0.2) is 0 Å². The van der Waals surface area contributed by atoms with Gasteiger partial charge in [0.05, 0.1) is 31.8 Å². The van der Waals surface area contributed by atoms with E-state index < -0.39 is 74.0 Å². The fraction of sp³-hybridized carbons (Fsp3) is 0.692. The maximum absolute atomic E-state index is 9.55. The number of aliphatic hydroxyl groups excluding tert-OH is 4. The van der Waals surface area contributed by atoms with Crippen LogP contribution in [-0.2, 0) is 19.2 Å². The molecule has 0 saturated carbocycles. The van der Waals surface area contributed by atoms with Gasteiger partial charge in [-0.1, -0.05) is 0 Å². The highest BCUT2D eigenvalue weighted by Crippen LogP contribution is 2.11. The number of aliphatic carboxylic acids is 4. The van der Waals surface area contributed by atoms with Crippen LogP contribution in [0.1, 0.15) is 0 Å². The predicted octanol–water partition coefficient (Wildman–Crippen LogP) is -1.03. The molecule has 0 amide bonds. The van der Waals surface area contributed by atoms with Crippen LogP contribution in [0.3, 0.4) is 0 Å². The first-order chi connectivity index (χ1) is 14.8. The van der Waals surface area contributed by atoms with Crippen molar-refractivity contribution in [1.82, 2.24) is 0 Å². The molecular weight excluding hydrogens is 605 g/mol. The zero-order chi connectivity index (χ0) is 27.9. The summed E-state index contributed by atoms with van der Waals surface area (Å²) in [6, 6.07) is 0. The number of hydrogen-bond donors (Lipinski definition) is 16. The summed E-state index contributed by atoms with van der Waals surface area (Å²) in [6.07, 6.45) is 0. The Morgan fingerprint density at radius 2 is 0.545 bits per heavy atom. The maximum atomic E-state index is 9.55. The SMILES string of the molecule is O=C(O)C(S)S.O=C(O)C(S)S.O=C(O)C(S)S.O=C(O)C(S)S.OCC(CO)(CO)CO. The Labute approximate surface area is 233 Å². The van der Waals surface area contributed by atoms with Crippen LogP contribution in [0.5, 0.6) is 0 Å². The van der Waals surface area contributed by atoms with Gasteiger partial charge in [0.25, 0.3) is 0 Å². The number of thiol groups is 8. The molecule has 0 unspecified atom stereocenters. The summed E-state index contributed by atoms with van der Waals surface area (Å²) in [5, 5.41) is 65.3. The third kappa shape index (κ3) is 37.2. The van der Waals surface area contributed by atoms with Crippen LogP contribution in [-0.4, -0.2) is 109 Å². The smallest absolute Gasteiger partial charge is 0.326 e. The third-order valence-corrected chi connectivity index (χ3v) is 3.99. The molecule has 0 atom stereocenters. The Hall–Kier alpha value is 0.520. The van der Waals surface area contributed by atoms with Crippen molar-refractivity contribution in [2.75, 3.05) is 26.4 Å². The van der Waals surface area contributed by atoms with Crippen LogP contribution in [0.15, 0.2) is 0 Å². The lowest BCUT2D eigenvalue weighted by molar-refractivity contribution is -0.135. The molecule has 0 aliphatic rings. The molecule has 0 rings (SSSR count). The van der Waals surface area contributed by atoms with Gasteiger partial charge in [-0.15, -0.1) is 0 Å². The zero-order valence-corrected chi connectivity index (χ0v) is 23.6. The second-order valence-electron chi connectivity index (χ2n) is 4.98. The molecule has 0 aromatic carbocycles. The van der Waals surface area contributed by atoms with Gasteiger partial charge in [-0.2, -0.15) is 101 Å². The number of rotatable bonds is 8. The number of carboxylic acids is 4. The number of hydrogen-bond acceptors (Lipinski definition) is 16. The number of carbonyl (C=O) groups is 4. The van der Waals surface area contributed by atoms with Crippen molar-refractivity contribution in [3.63, 3.8) is 0 Å². The Morgan fingerprint density at radius 1 is 0.455 bits per heavy atom. The van der Waals surface area contributed by atoms with Gasteiger partial charge in [0.2, 0.25) is 0 Å². The van der Waals surface area contributed by atoms with Crippen molar-refractivity contribution in [3.05, 3.63) is 0 Å². The van der Waals surface area contributed by atoms with E-state index in [4.69, 9.17) is 40.9 Å². The topological polar surface area (TPSA) is 230 Å². The molecule has 0 saturated heterocycles. The molecule has 200 valence electrons. The van der Waals surface area contributed by atoms with Crippen molar-refractivity contribution in [1.29, 1.82) is 0 Å². The van der Waals surface area contributed by atoms with Crippen LogP contribution in [0, 0.1) is 5.41 Å². The summed E-state index contributed by atoms with van der Waals surface area (Å²) in [6.45, 7) is -1.62. The van der Waals surface area contributed by atoms with Crippen LogP contribution < -0.4 is 0 Å². The molecule has 0 spiro atoms. The Bertz CT molecular complexity index is 440. The Balaban J connectivity index is -0.000000100. The first-order valence-electron chi connectivity index (χ1n) is 7.61. The van der Waals surface area contributed by atoms with E-state index in [0.717, 1.165) is 0 Å². The van der Waals surface area contributed by atoms with Gasteiger partial charge in [0.1, 0.15) is 18.3 Å². The Morgan fingerprint density at radius 3 is 0.545 bits per heavy atom. The molecule has 0 aliphatic heterocycles. The summed E-state index contributed by atoms with van der Waals surface area (Å²) in [4.78, 5) is 38.2. The Kier molecular flexibility index (Phi) is 35.8. The first kappa shape index (κ1) is 43.6. The van der Waals surface area contributed by atoms with E-state index in [9.17, 15) is 19.2 Å². The lowest BCUT2D eigenvalue weighted by Gasteiger charge is -2.23. The molecule has 0 fully saturated rings. The summed E-state index contributed by atoms with van der Waals surface area (Å²) < 4.78 is -3.37. The zero-order valence-electron chi connectivity index (χ0n) is 16.4. The highest BCUT2D eigenvalue weighted by molar-refractivity contribution is 8.01. The molecule has 0 radical (unpaired) electrons. The van der Waals surface area contributed by atoms with E-state index >= 15 is 0 Å². The van der Waals surface area contributed by atoms with Crippen molar-refractivity contribution in [2.45, 2.75) is 18.3 Å². The van der Waals surface area contributed by atoms with Gasteiger partial charge in [0, 0.05) is 0 Å². The predicted molar refractivity (Wildman–Crippen MR) is 148 cm³/mol. The molecule has 33 heavy (non-hydrogen) atoms. The quantitative estimate of drug-likeness (QED) is 0.114. The van der Waals surface area contributed by atoms with Crippen molar-refractivity contribution < 1.29 is 60.0 Å². The molecule has 0 aliphatic carbocycles. The van der Waals surface area contributed by atoms with Gasteiger partial charge < -0.3 is 40.9 Å². The third-order valence-electron chi connectivity index (χ3n) is 2.23. The van der Waals surface area contributed by atoms with E-state index in [-0.39, 0.29) is 0 Å². The molecule has 12 nitrogen and oxygen atoms in total. The van der Waals surface area contributed by atoms with Gasteiger partial charge in [-0.25, -0.2) is 0 Å². The minimum Gasteiger partial charge on any atom is -0.480 e. The maximum Gasteiger partial charge on any atom is 0.326 e. The standard InChI is InChI=1S/C5H12O4.4C2H4O2S2/c6-1-5(2-7,3-8)4-9;4*3-1(4)2(5)6/h6-9H,1-4H2;4*2,5-6H,(H,3,4). The lowest BCUT2D eigenvalue weighted by Crippen LogP contribution is -2.37. The molecule has 0 aromatic rings.